The van der Waals surface area contributed by atoms with Crippen molar-refractivity contribution in [1.82, 2.24) is 4.90 Å². The van der Waals surface area contributed by atoms with Gasteiger partial charge < -0.3 is 13.9 Å². The number of rotatable bonds is 9. The molecule has 0 aromatic carbocycles. The number of aryl methyl sites for hydroxylation is 1. The standard InChI is InChI=1S/C15H23N3O4/c1-11-12(2)22-15(13(11)9-16)17-14(19)10-18(5-7-20-3)6-8-21-4/h5-8,10H2,1-4H3,(H,17,19). The van der Waals surface area contributed by atoms with Gasteiger partial charge in [-0.15, -0.1) is 0 Å². The molecule has 0 atom stereocenters. The highest BCUT2D eigenvalue weighted by molar-refractivity contribution is 5.92. The van der Waals surface area contributed by atoms with Crippen LogP contribution in [0.4, 0.5) is 5.88 Å². The molecule has 0 aliphatic rings. The van der Waals surface area contributed by atoms with Gasteiger partial charge in [0.05, 0.1) is 19.8 Å². The summed E-state index contributed by atoms with van der Waals surface area (Å²) in [7, 11) is 3.23. The normalized spacial score (nSPS) is 10.7. The van der Waals surface area contributed by atoms with Gasteiger partial charge in [-0.3, -0.25) is 15.0 Å². The van der Waals surface area contributed by atoms with Gasteiger partial charge in [-0.1, -0.05) is 0 Å². The van der Waals surface area contributed by atoms with Crippen molar-refractivity contribution in [2.45, 2.75) is 13.8 Å². The number of nitrogens with one attached hydrogen (secondary N) is 1. The first-order chi connectivity index (χ1) is 10.5. The topological polar surface area (TPSA) is 87.7 Å². The number of nitriles is 1. The minimum absolute atomic E-state index is 0.177. The number of furan rings is 1. The molecule has 0 radical (unpaired) electrons. The molecular formula is C15H23N3O4. The lowest BCUT2D eigenvalue weighted by Gasteiger charge is -2.20. The van der Waals surface area contributed by atoms with Crippen molar-refractivity contribution >= 4 is 11.8 Å². The average molecular weight is 309 g/mol. The quantitative estimate of drug-likeness (QED) is 0.740. The fourth-order valence-corrected chi connectivity index (χ4v) is 1.93. The van der Waals surface area contributed by atoms with Crippen molar-refractivity contribution in [3.05, 3.63) is 16.9 Å². The molecule has 1 N–H and O–H groups in total. The lowest BCUT2D eigenvalue weighted by molar-refractivity contribution is -0.117. The number of hydrogen-bond acceptors (Lipinski definition) is 6. The van der Waals surface area contributed by atoms with Crippen molar-refractivity contribution in [3.63, 3.8) is 0 Å². The Morgan fingerprint density at radius 1 is 1.27 bits per heavy atom. The lowest BCUT2D eigenvalue weighted by atomic mass is 10.2. The number of methoxy groups -OCH3 is 2. The third-order valence-corrected chi connectivity index (χ3v) is 3.34. The van der Waals surface area contributed by atoms with Gasteiger partial charge in [0.25, 0.3) is 0 Å². The summed E-state index contributed by atoms with van der Waals surface area (Å²) in [5, 5.41) is 11.8. The number of carbonyl (C=O) groups excluding carboxylic acids is 1. The zero-order valence-electron chi connectivity index (χ0n) is 13.6. The van der Waals surface area contributed by atoms with Crippen LogP contribution in [-0.4, -0.2) is 57.9 Å². The summed E-state index contributed by atoms with van der Waals surface area (Å²) < 4.78 is 15.5. The van der Waals surface area contributed by atoms with E-state index in [0.717, 1.165) is 5.56 Å². The number of hydrogen-bond donors (Lipinski definition) is 1. The van der Waals surface area contributed by atoms with E-state index in [0.29, 0.717) is 37.6 Å². The molecular weight excluding hydrogens is 286 g/mol. The molecule has 1 heterocycles. The van der Waals surface area contributed by atoms with E-state index in [9.17, 15) is 4.79 Å². The van der Waals surface area contributed by atoms with Gasteiger partial charge in [0.1, 0.15) is 17.4 Å². The SMILES string of the molecule is COCCN(CCOC)CC(=O)Nc1oc(C)c(C)c1C#N. The van der Waals surface area contributed by atoms with Crippen molar-refractivity contribution in [1.29, 1.82) is 5.26 Å². The van der Waals surface area contributed by atoms with Crippen molar-refractivity contribution in [3.8, 4) is 6.07 Å². The van der Waals surface area contributed by atoms with Crippen LogP contribution in [-0.2, 0) is 14.3 Å². The summed E-state index contributed by atoms with van der Waals surface area (Å²) in [5.74, 6) is 0.598. The Labute approximate surface area is 130 Å². The molecule has 0 unspecified atom stereocenters. The van der Waals surface area contributed by atoms with Crippen LogP contribution in [0.2, 0.25) is 0 Å². The van der Waals surface area contributed by atoms with E-state index < -0.39 is 0 Å². The number of carbonyl (C=O) groups is 1. The largest absolute Gasteiger partial charge is 0.444 e. The summed E-state index contributed by atoms with van der Waals surface area (Å²) in [4.78, 5) is 14.0. The maximum Gasteiger partial charge on any atom is 0.240 e. The van der Waals surface area contributed by atoms with Crippen LogP contribution in [0.15, 0.2) is 4.42 Å². The molecule has 0 fully saturated rings. The number of ether oxygens (including phenoxy) is 2. The Bertz CT molecular complexity index is 526. The van der Waals surface area contributed by atoms with Crippen LogP contribution in [0.25, 0.3) is 0 Å². The highest BCUT2D eigenvalue weighted by Gasteiger charge is 2.18. The molecule has 0 aliphatic carbocycles. The van der Waals surface area contributed by atoms with Crippen LogP contribution in [0.1, 0.15) is 16.9 Å². The first-order valence-electron chi connectivity index (χ1n) is 7.03. The summed E-state index contributed by atoms with van der Waals surface area (Å²) in [6, 6.07) is 2.05. The molecule has 1 aromatic rings. The third kappa shape index (κ3) is 5.15. The monoisotopic (exact) mass is 309 g/mol. The van der Waals surface area contributed by atoms with Crippen LogP contribution in [0.5, 0.6) is 0 Å². The second-order valence-electron chi connectivity index (χ2n) is 4.91. The summed E-state index contributed by atoms with van der Waals surface area (Å²) in [6.45, 7) is 6.02. The summed E-state index contributed by atoms with van der Waals surface area (Å²) in [6.07, 6.45) is 0. The molecule has 22 heavy (non-hydrogen) atoms. The third-order valence-electron chi connectivity index (χ3n) is 3.34. The molecule has 7 nitrogen and oxygen atoms in total. The molecule has 1 rings (SSSR count). The van der Waals surface area contributed by atoms with Gasteiger partial charge in [0.15, 0.2) is 0 Å². The first-order valence-corrected chi connectivity index (χ1v) is 7.03. The van der Waals surface area contributed by atoms with E-state index >= 15 is 0 Å². The maximum absolute atomic E-state index is 12.1. The minimum Gasteiger partial charge on any atom is -0.444 e. The van der Waals surface area contributed by atoms with E-state index in [4.69, 9.17) is 19.2 Å². The molecule has 0 saturated heterocycles. The molecule has 1 aromatic heterocycles. The highest BCUT2D eigenvalue weighted by Crippen LogP contribution is 2.25. The van der Waals surface area contributed by atoms with E-state index in [-0.39, 0.29) is 18.3 Å². The molecule has 0 aliphatic heterocycles. The van der Waals surface area contributed by atoms with E-state index in [1.807, 2.05) is 11.0 Å². The Morgan fingerprint density at radius 3 is 2.36 bits per heavy atom. The average Bonchev–Trinajstić information content (AvgIpc) is 2.75. The molecule has 122 valence electrons. The van der Waals surface area contributed by atoms with E-state index in [1.54, 1.807) is 28.1 Å². The molecule has 7 heteroatoms. The highest BCUT2D eigenvalue weighted by atomic mass is 16.5. The van der Waals surface area contributed by atoms with Crippen LogP contribution in [0, 0.1) is 25.2 Å². The second kappa shape index (κ2) is 9.20. The predicted octanol–water partition coefficient (Wildman–Crippen LogP) is 1.30. The van der Waals surface area contributed by atoms with Gasteiger partial charge in [-0.05, 0) is 13.8 Å². The van der Waals surface area contributed by atoms with Gasteiger partial charge in [-0.25, -0.2) is 0 Å². The van der Waals surface area contributed by atoms with E-state index in [2.05, 4.69) is 5.32 Å². The number of anilines is 1. The van der Waals surface area contributed by atoms with Crippen molar-refractivity contribution in [2.75, 3.05) is 52.4 Å². The lowest BCUT2D eigenvalue weighted by Crippen LogP contribution is -2.37. The Morgan fingerprint density at radius 2 is 1.86 bits per heavy atom. The Hall–Kier alpha value is -1.88. The first kappa shape index (κ1) is 18.2. The summed E-state index contributed by atoms with van der Waals surface area (Å²) in [5.41, 5.74) is 1.11. The molecule has 1 amide bonds. The molecule has 0 saturated carbocycles. The second-order valence-corrected chi connectivity index (χ2v) is 4.91. The number of amides is 1. The molecule has 0 spiro atoms. The number of nitrogens with zero attached hydrogens (tertiary/aromatic N) is 2. The van der Waals surface area contributed by atoms with Crippen molar-refractivity contribution in [2.24, 2.45) is 0 Å². The summed E-state index contributed by atoms with van der Waals surface area (Å²) >= 11 is 0. The van der Waals surface area contributed by atoms with Crippen LogP contribution >= 0.6 is 0 Å². The van der Waals surface area contributed by atoms with Crippen LogP contribution < -0.4 is 5.32 Å². The van der Waals surface area contributed by atoms with Gasteiger partial charge in [-0.2, -0.15) is 5.26 Å². The predicted molar refractivity (Wildman–Crippen MR) is 81.7 cm³/mol. The fraction of sp³-hybridized carbons (Fsp3) is 0.600. The van der Waals surface area contributed by atoms with Crippen LogP contribution in [0.3, 0.4) is 0 Å². The smallest absolute Gasteiger partial charge is 0.240 e. The maximum atomic E-state index is 12.1. The zero-order chi connectivity index (χ0) is 16.5. The van der Waals surface area contributed by atoms with E-state index in [1.165, 1.54) is 0 Å². The van der Waals surface area contributed by atoms with Gasteiger partial charge >= 0.3 is 0 Å². The fourth-order valence-electron chi connectivity index (χ4n) is 1.93. The van der Waals surface area contributed by atoms with Gasteiger partial charge in [0.2, 0.25) is 11.8 Å². The molecule has 0 bridgehead atoms. The minimum atomic E-state index is -0.238. The zero-order valence-corrected chi connectivity index (χ0v) is 13.6. The van der Waals surface area contributed by atoms with Gasteiger partial charge in [0, 0.05) is 32.9 Å². The van der Waals surface area contributed by atoms with Crippen molar-refractivity contribution < 1.29 is 18.7 Å². The Balaban J connectivity index is 2.66. The Kier molecular flexibility index (Phi) is 7.60.